The van der Waals surface area contributed by atoms with Gasteiger partial charge in [-0.25, -0.2) is 8.78 Å². The van der Waals surface area contributed by atoms with Gasteiger partial charge in [-0.2, -0.15) is 0 Å². The van der Waals surface area contributed by atoms with Crippen LogP contribution in [0.3, 0.4) is 0 Å². The lowest BCUT2D eigenvalue weighted by Gasteiger charge is -2.33. The molecule has 1 N–H and O–H groups in total. The van der Waals surface area contributed by atoms with Gasteiger partial charge < -0.3 is 9.64 Å². The molecule has 7 heteroatoms. The molecule has 1 unspecified atom stereocenters. The molecule has 1 amide bonds. The molecule has 1 aromatic carbocycles. The van der Waals surface area contributed by atoms with E-state index < -0.39 is 18.5 Å². The predicted molar refractivity (Wildman–Crippen MR) is 89.8 cm³/mol. The quantitative estimate of drug-likeness (QED) is 0.897. The molecular weight excluding hydrogens is 338 g/mol. The van der Waals surface area contributed by atoms with E-state index in [1.807, 2.05) is 30.3 Å². The molecule has 1 aromatic rings. The molecule has 0 saturated carbocycles. The summed E-state index contributed by atoms with van der Waals surface area (Å²) in [5.74, 6) is -1.70. The van der Waals surface area contributed by atoms with Crippen LogP contribution in [0.4, 0.5) is 8.78 Å². The Labute approximate surface area is 147 Å². The van der Waals surface area contributed by atoms with Gasteiger partial charge in [0.2, 0.25) is 5.91 Å². The number of halogens is 3. The summed E-state index contributed by atoms with van der Waals surface area (Å²) in [6.07, 6.45) is 1.31. The van der Waals surface area contributed by atoms with Gasteiger partial charge in [-0.15, -0.1) is 12.4 Å². The molecule has 1 atom stereocenters. The second kappa shape index (κ2) is 8.12. The Morgan fingerprint density at radius 3 is 2.50 bits per heavy atom. The van der Waals surface area contributed by atoms with Crippen molar-refractivity contribution < 1.29 is 18.3 Å². The van der Waals surface area contributed by atoms with Crippen LogP contribution < -0.4 is 10.1 Å². The Hall–Kier alpha value is -1.40. The SMILES string of the molecule is Cl.O=C(C1CC(F)(F)CN1)N1CCC(COc2ccccc2)CC1. The van der Waals surface area contributed by atoms with Gasteiger partial charge in [-0.3, -0.25) is 10.1 Å². The smallest absolute Gasteiger partial charge is 0.262 e. The van der Waals surface area contributed by atoms with Crippen LogP contribution >= 0.6 is 12.4 Å². The summed E-state index contributed by atoms with van der Waals surface area (Å²) in [5.41, 5.74) is 0. The van der Waals surface area contributed by atoms with Crippen LogP contribution in [-0.2, 0) is 4.79 Å². The number of nitrogens with zero attached hydrogens (tertiary/aromatic N) is 1. The lowest BCUT2D eigenvalue weighted by atomic mass is 9.97. The number of likely N-dealkylation sites (tertiary alicyclic amines) is 1. The number of nitrogens with one attached hydrogen (secondary N) is 1. The van der Waals surface area contributed by atoms with Crippen molar-refractivity contribution in [3.8, 4) is 5.75 Å². The van der Waals surface area contributed by atoms with Crippen LogP contribution in [0.1, 0.15) is 19.3 Å². The molecule has 0 bridgehead atoms. The molecule has 24 heavy (non-hydrogen) atoms. The number of carbonyl (C=O) groups is 1. The first kappa shape index (κ1) is 18.9. The fraction of sp³-hybridized carbons (Fsp3) is 0.588. The standard InChI is InChI=1S/C17H22F2N2O2.ClH/c18-17(19)10-15(20-12-17)16(22)21-8-6-13(7-9-21)11-23-14-4-2-1-3-5-14;/h1-5,13,15,20H,6-12H2;1H. The Morgan fingerprint density at radius 2 is 1.92 bits per heavy atom. The molecule has 0 spiro atoms. The number of ether oxygens (including phenoxy) is 1. The van der Waals surface area contributed by atoms with Gasteiger partial charge in [0.05, 0.1) is 19.2 Å². The van der Waals surface area contributed by atoms with E-state index in [2.05, 4.69) is 5.32 Å². The van der Waals surface area contributed by atoms with E-state index >= 15 is 0 Å². The lowest BCUT2D eigenvalue weighted by Crippen LogP contribution is -2.47. The lowest BCUT2D eigenvalue weighted by molar-refractivity contribution is -0.135. The average molecular weight is 361 g/mol. The third-order valence-corrected chi connectivity index (χ3v) is 4.56. The second-order valence-corrected chi connectivity index (χ2v) is 6.39. The summed E-state index contributed by atoms with van der Waals surface area (Å²) >= 11 is 0. The third-order valence-electron chi connectivity index (χ3n) is 4.56. The fourth-order valence-electron chi connectivity index (χ4n) is 3.16. The van der Waals surface area contributed by atoms with E-state index in [-0.39, 0.29) is 24.7 Å². The minimum absolute atomic E-state index is 0. The number of para-hydroxylation sites is 1. The van der Waals surface area contributed by atoms with Crippen LogP contribution in [0.15, 0.2) is 30.3 Å². The molecular formula is C17H23ClF2N2O2. The zero-order valence-corrected chi connectivity index (χ0v) is 14.2. The van der Waals surface area contributed by atoms with Crippen LogP contribution in [0.25, 0.3) is 0 Å². The Bertz CT molecular complexity index is 537. The first-order valence-corrected chi connectivity index (χ1v) is 8.11. The summed E-state index contributed by atoms with van der Waals surface area (Å²) in [4.78, 5) is 14.0. The van der Waals surface area contributed by atoms with Crippen LogP contribution in [0, 0.1) is 5.92 Å². The van der Waals surface area contributed by atoms with Gasteiger partial charge in [0.15, 0.2) is 0 Å². The maximum absolute atomic E-state index is 13.2. The average Bonchev–Trinajstić information content (AvgIpc) is 2.94. The largest absolute Gasteiger partial charge is 0.493 e. The fourth-order valence-corrected chi connectivity index (χ4v) is 3.16. The van der Waals surface area contributed by atoms with Crippen molar-refractivity contribution in [3.63, 3.8) is 0 Å². The summed E-state index contributed by atoms with van der Waals surface area (Å²) in [5, 5.41) is 2.64. The van der Waals surface area contributed by atoms with Crippen LogP contribution in [0.5, 0.6) is 5.75 Å². The topological polar surface area (TPSA) is 41.6 Å². The van der Waals surface area contributed by atoms with E-state index in [1.54, 1.807) is 4.90 Å². The minimum atomic E-state index is -2.76. The van der Waals surface area contributed by atoms with Crippen molar-refractivity contribution >= 4 is 18.3 Å². The Morgan fingerprint density at radius 1 is 1.25 bits per heavy atom. The maximum atomic E-state index is 13.2. The van der Waals surface area contributed by atoms with Crippen molar-refractivity contribution in [1.29, 1.82) is 0 Å². The van der Waals surface area contributed by atoms with Gasteiger partial charge in [0.1, 0.15) is 5.75 Å². The summed E-state index contributed by atoms with van der Waals surface area (Å²) in [7, 11) is 0. The number of hydrogen-bond donors (Lipinski definition) is 1. The van der Waals surface area contributed by atoms with E-state index in [0.717, 1.165) is 18.6 Å². The van der Waals surface area contributed by atoms with Crippen LogP contribution in [-0.4, -0.2) is 49.0 Å². The molecule has 3 rings (SSSR count). The van der Waals surface area contributed by atoms with E-state index in [1.165, 1.54) is 0 Å². The van der Waals surface area contributed by atoms with Gasteiger partial charge >= 0.3 is 0 Å². The zero-order valence-electron chi connectivity index (χ0n) is 13.4. The second-order valence-electron chi connectivity index (χ2n) is 6.39. The molecule has 2 heterocycles. The summed E-state index contributed by atoms with van der Waals surface area (Å²) < 4.78 is 32.1. The molecule has 2 aliphatic rings. The molecule has 2 saturated heterocycles. The summed E-state index contributed by atoms with van der Waals surface area (Å²) in [6, 6.07) is 8.91. The van der Waals surface area contributed by atoms with Crippen LogP contribution in [0.2, 0.25) is 0 Å². The Kier molecular flexibility index (Phi) is 6.40. The highest BCUT2D eigenvalue weighted by molar-refractivity contribution is 5.85. The van der Waals surface area contributed by atoms with Crippen molar-refractivity contribution in [3.05, 3.63) is 30.3 Å². The maximum Gasteiger partial charge on any atom is 0.262 e. The number of hydrogen-bond acceptors (Lipinski definition) is 3. The molecule has 0 aliphatic carbocycles. The predicted octanol–water partition coefficient (Wildman–Crippen LogP) is 2.72. The van der Waals surface area contributed by atoms with Crippen molar-refractivity contribution in [1.82, 2.24) is 10.2 Å². The van der Waals surface area contributed by atoms with Crippen molar-refractivity contribution in [2.75, 3.05) is 26.2 Å². The number of alkyl halides is 2. The Balaban J connectivity index is 0.00000208. The number of piperidine rings is 1. The van der Waals surface area contributed by atoms with Gasteiger partial charge in [0.25, 0.3) is 5.92 Å². The van der Waals surface area contributed by atoms with Gasteiger partial charge in [0, 0.05) is 19.5 Å². The minimum Gasteiger partial charge on any atom is -0.493 e. The summed E-state index contributed by atoms with van der Waals surface area (Å²) in [6.45, 7) is 1.47. The van der Waals surface area contributed by atoms with Gasteiger partial charge in [-0.1, -0.05) is 18.2 Å². The molecule has 134 valence electrons. The van der Waals surface area contributed by atoms with E-state index in [0.29, 0.717) is 25.6 Å². The van der Waals surface area contributed by atoms with Crippen molar-refractivity contribution in [2.45, 2.75) is 31.2 Å². The molecule has 4 nitrogen and oxygen atoms in total. The highest BCUT2D eigenvalue weighted by atomic mass is 35.5. The third kappa shape index (κ3) is 4.80. The van der Waals surface area contributed by atoms with E-state index in [9.17, 15) is 13.6 Å². The van der Waals surface area contributed by atoms with Gasteiger partial charge in [-0.05, 0) is 30.9 Å². The molecule has 0 aromatic heterocycles. The molecule has 2 aliphatic heterocycles. The van der Waals surface area contributed by atoms with E-state index in [4.69, 9.17) is 4.74 Å². The molecule has 2 fully saturated rings. The first-order valence-electron chi connectivity index (χ1n) is 8.11. The number of amides is 1. The number of carbonyl (C=O) groups excluding carboxylic acids is 1. The first-order chi connectivity index (χ1) is 11.0. The van der Waals surface area contributed by atoms with Crippen molar-refractivity contribution in [2.24, 2.45) is 5.92 Å². The highest BCUT2D eigenvalue weighted by Gasteiger charge is 2.43. The number of benzene rings is 1. The highest BCUT2D eigenvalue weighted by Crippen LogP contribution is 2.27. The molecule has 0 radical (unpaired) electrons. The zero-order chi connectivity index (χ0) is 16.3. The monoisotopic (exact) mass is 360 g/mol. The normalized spacial score (nSPS) is 23.6. The number of rotatable bonds is 4.